The van der Waals surface area contributed by atoms with Gasteiger partial charge in [-0.3, -0.25) is 14.9 Å². The van der Waals surface area contributed by atoms with Crippen molar-refractivity contribution in [2.75, 3.05) is 5.75 Å². The lowest BCUT2D eigenvalue weighted by atomic mass is 10.0. The molecule has 0 amide bonds. The van der Waals surface area contributed by atoms with E-state index in [4.69, 9.17) is 0 Å². The lowest BCUT2D eigenvalue weighted by Crippen LogP contribution is -2.20. The molecule has 2 atom stereocenters. The second-order valence-electron chi connectivity index (χ2n) is 4.10. The van der Waals surface area contributed by atoms with Gasteiger partial charge in [-0.05, 0) is 18.6 Å². The Bertz CT molecular complexity index is 511. The van der Waals surface area contributed by atoms with E-state index in [0.29, 0.717) is 0 Å². The third-order valence-corrected chi connectivity index (χ3v) is 3.43. The van der Waals surface area contributed by atoms with Crippen LogP contribution in [0.25, 0.3) is 0 Å². The zero-order valence-electron chi connectivity index (χ0n) is 10.7. The van der Waals surface area contributed by atoms with Crippen LogP contribution in [0.3, 0.4) is 0 Å². The predicted octanol–water partition coefficient (Wildman–Crippen LogP) is 1.80. The van der Waals surface area contributed by atoms with Crippen LogP contribution in [0.5, 0.6) is 0 Å². The van der Waals surface area contributed by atoms with Crippen LogP contribution in [0.2, 0.25) is 0 Å². The molecule has 2 unspecified atom stereocenters. The van der Waals surface area contributed by atoms with E-state index in [-0.39, 0.29) is 22.9 Å². The van der Waals surface area contributed by atoms with Crippen LogP contribution in [0.1, 0.15) is 25.0 Å². The summed E-state index contributed by atoms with van der Waals surface area (Å²) in [6, 6.07) is 2.67. The molecule has 0 saturated heterocycles. The van der Waals surface area contributed by atoms with Gasteiger partial charge < -0.3 is 10.2 Å². The summed E-state index contributed by atoms with van der Waals surface area (Å²) in [7, 11) is 0. The minimum absolute atomic E-state index is 0.0546. The van der Waals surface area contributed by atoms with E-state index in [1.807, 2.05) is 0 Å². The Morgan fingerprint density at radius 2 is 2.15 bits per heavy atom. The highest BCUT2D eigenvalue weighted by Gasteiger charge is 2.26. The Labute approximate surface area is 118 Å². The number of halogens is 1. The van der Waals surface area contributed by atoms with Gasteiger partial charge in [-0.15, -0.1) is 0 Å². The van der Waals surface area contributed by atoms with Gasteiger partial charge in [0.05, 0.1) is 16.6 Å². The first-order chi connectivity index (χ1) is 9.32. The maximum atomic E-state index is 13.1. The maximum Gasteiger partial charge on any atom is 0.275 e. The lowest BCUT2D eigenvalue weighted by molar-refractivity contribution is -0.386. The number of rotatable bonds is 6. The average molecular weight is 303 g/mol. The first-order valence-electron chi connectivity index (χ1n) is 5.76. The highest BCUT2D eigenvalue weighted by atomic mass is 32.2. The first kappa shape index (κ1) is 16.5. The van der Waals surface area contributed by atoms with Crippen LogP contribution >= 0.6 is 11.8 Å². The van der Waals surface area contributed by atoms with Gasteiger partial charge in [0.25, 0.3) is 5.69 Å². The number of aliphatic hydroxyl groups excluding tert-OH is 2. The quantitative estimate of drug-likeness (QED) is 0.614. The molecule has 0 heterocycles. The number of carbonyl (C=O) groups is 1. The normalized spacial score (nSPS) is 13.8. The highest BCUT2D eigenvalue weighted by molar-refractivity contribution is 8.13. The summed E-state index contributed by atoms with van der Waals surface area (Å²) in [6.07, 6.45) is -2.85. The minimum Gasteiger partial charge on any atom is -0.390 e. The Morgan fingerprint density at radius 3 is 2.70 bits per heavy atom. The van der Waals surface area contributed by atoms with E-state index >= 15 is 0 Å². The van der Waals surface area contributed by atoms with Gasteiger partial charge >= 0.3 is 0 Å². The molecule has 20 heavy (non-hydrogen) atoms. The third kappa shape index (κ3) is 4.55. The van der Waals surface area contributed by atoms with Crippen molar-refractivity contribution in [2.24, 2.45) is 0 Å². The smallest absolute Gasteiger partial charge is 0.275 e. The van der Waals surface area contributed by atoms with Crippen molar-refractivity contribution in [2.45, 2.75) is 25.6 Å². The van der Waals surface area contributed by atoms with E-state index in [1.54, 1.807) is 0 Å². The van der Waals surface area contributed by atoms with E-state index < -0.39 is 28.6 Å². The molecule has 0 bridgehead atoms. The molecule has 2 N–H and O–H groups in total. The molecule has 0 radical (unpaired) electrons. The molecule has 0 fully saturated rings. The largest absolute Gasteiger partial charge is 0.390 e. The fourth-order valence-electron chi connectivity index (χ4n) is 1.62. The van der Waals surface area contributed by atoms with Gasteiger partial charge in [0.1, 0.15) is 11.9 Å². The van der Waals surface area contributed by atoms with Crippen LogP contribution in [0, 0.1) is 15.9 Å². The van der Waals surface area contributed by atoms with Crippen LogP contribution in [-0.4, -0.2) is 32.1 Å². The van der Waals surface area contributed by atoms with Gasteiger partial charge in [-0.2, -0.15) is 0 Å². The molecule has 0 aliphatic carbocycles. The maximum absolute atomic E-state index is 13.1. The summed E-state index contributed by atoms with van der Waals surface area (Å²) in [6.45, 7) is 1.37. The summed E-state index contributed by atoms with van der Waals surface area (Å²) >= 11 is 0.968. The molecule has 0 aliphatic heterocycles. The van der Waals surface area contributed by atoms with Gasteiger partial charge in [0, 0.05) is 18.7 Å². The predicted molar refractivity (Wildman–Crippen MR) is 71.8 cm³/mol. The van der Waals surface area contributed by atoms with Crippen molar-refractivity contribution >= 4 is 22.6 Å². The van der Waals surface area contributed by atoms with Crippen molar-refractivity contribution < 1.29 is 24.3 Å². The van der Waals surface area contributed by atoms with Crippen molar-refractivity contribution in [3.63, 3.8) is 0 Å². The average Bonchev–Trinajstić information content (AvgIpc) is 2.36. The number of carbonyl (C=O) groups excluding carboxylic acids is 1. The molecular formula is C12H14FNO5S. The third-order valence-electron chi connectivity index (χ3n) is 2.59. The number of aliphatic hydroxyl groups is 2. The molecule has 6 nitrogen and oxygen atoms in total. The minimum atomic E-state index is -1.58. The van der Waals surface area contributed by atoms with Crippen molar-refractivity contribution in [3.8, 4) is 0 Å². The van der Waals surface area contributed by atoms with Gasteiger partial charge in [-0.1, -0.05) is 11.8 Å². The highest BCUT2D eigenvalue weighted by Crippen LogP contribution is 2.29. The lowest BCUT2D eigenvalue weighted by Gasteiger charge is -2.17. The van der Waals surface area contributed by atoms with Gasteiger partial charge in [-0.25, -0.2) is 4.39 Å². The SMILES string of the molecule is CC(=O)SCCC(O)C(O)c1cc(F)ccc1[N+](=O)[O-]. The molecule has 0 aliphatic rings. The number of nitro benzene ring substituents is 1. The monoisotopic (exact) mass is 303 g/mol. The summed E-state index contributed by atoms with van der Waals surface area (Å²) in [5.41, 5.74) is -0.743. The number of hydrogen-bond acceptors (Lipinski definition) is 6. The molecule has 1 aromatic carbocycles. The molecule has 1 rings (SSSR count). The summed E-state index contributed by atoms with van der Waals surface area (Å²) in [5, 5.41) is 30.3. The standard InChI is InChI=1S/C12H14FNO5S/c1-7(15)20-5-4-11(16)12(17)9-6-8(13)2-3-10(9)14(18)19/h2-3,6,11-12,16-17H,4-5H2,1H3. The summed E-state index contributed by atoms with van der Waals surface area (Å²) in [4.78, 5) is 20.8. The Morgan fingerprint density at radius 1 is 1.50 bits per heavy atom. The fourth-order valence-corrected chi connectivity index (χ4v) is 2.26. The summed E-state index contributed by atoms with van der Waals surface area (Å²) < 4.78 is 13.1. The van der Waals surface area contributed by atoms with Crippen LogP contribution in [0.4, 0.5) is 10.1 Å². The molecule has 0 saturated carbocycles. The van der Waals surface area contributed by atoms with Crippen LogP contribution in [0.15, 0.2) is 18.2 Å². The van der Waals surface area contributed by atoms with Gasteiger partial charge in [0.2, 0.25) is 0 Å². The van der Waals surface area contributed by atoms with E-state index in [9.17, 15) is 29.5 Å². The molecule has 0 spiro atoms. The zero-order chi connectivity index (χ0) is 15.3. The number of nitro groups is 1. The second-order valence-corrected chi connectivity index (χ2v) is 5.37. The summed E-state index contributed by atoms with van der Waals surface area (Å²) in [5.74, 6) is -0.480. The number of benzene rings is 1. The fraction of sp³-hybridized carbons (Fsp3) is 0.417. The molecule has 110 valence electrons. The van der Waals surface area contributed by atoms with E-state index in [0.717, 1.165) is 30.0 Å². The van der Waals surface area contributed by atoms with Crippen molar-refractivity contribution in [1.82, 2.24) is 0 Å². The Hall–Kier alpha value is -1.51. The van der Waals surface area contributed by atoms with E-state index in [1.165, 1.54) is 6.92 Å². The van der Waals surface area contributed by atoms with Crippen molar-refractivity contribution in [3.05, 3.63) is 39.7 Å². The molecule has 8 heteroatoms. The molecular weight excluding hydrogens is 289 g/mol. The van der Waals surface area contributed by atoms with E-state index in [2.05, 4.69) is 0 Å². The topological polar surface area (TPSA) is 101 Å². The molecule has 1 aromatic rings. The first-order valence-corrected chi connectivity index (χ1v) is 6.74. The molecule has 0 aromatic heterocycles. The number of thioether (sulfide) groups is 1. The Balaban J connectivity index is 2.84. The van der Waals surface area contributed by atoms with Crippen LogP contribution in [-0.2, 0) is 4.79 Å². The van der Waals surface area contributed by atoms with Crippen molar-refractivity contribution in [1.29, 1.82) is 0 Å². The van der Waals surface area contributed by atoms with Crippen LogP contribution < -0.4 is 0 Å². The van der Waals surface area contributed by atoms with Gasteiger partial charge in [0.15, 0.2) is 5.12 Å². The Kier molecular flexibility index (Phi) is 6.05. The second kappa shape index (κ2) is 7.32. The number of nitrogens with zero attached hydrogens (tertiary/aromatic N) is 1. The zero-order valence-corrected chi connectivity index (χ0v) is 11.5. The number of hydrogen-bond donors (Lipinski definition) is 2.